The Morgan fingerprint density at radius 2 is 2.24 bits per heavy atom. The number of hydrogen-bond donors (Lipinski definition) is 1. The molecule has 1 amide bonds. The van der Waals surface area contributed by atoms with Gasteiger partial charge in [-0.3, -0.25) is 4.79 Å². The van der Waals surface area contributed by atoms with Crippen LogP contribution in [0.2, 0.25) is 0 Å². The van der Waals surface area contributed by atoms with Gasteiger partial charge in [0.25, 0.3) is 0 Å². The van der Waals surface area contributed by atoms with Gasteiger partial charge in [0, 0.05) is 4.47 Å². The van der Waals surface area contributed by atoms with Gasteiger partial charge in [-0.1, -0.05) is 0 Å². The maximum absolute atomic E-state index is 13.0. The maximum Gasteiger partial charge on any atom is 0.244 e. The Balaban J connectivity index is 2.19. The van der Waals surface area contributed by atoms with E-state index < -0.39 is 11.2 Å². The Labute approximate surface area is 107 Å². The molecular formula is C12H10BrFN2O. The van der Waals surface area contributed by atoms with Gasteiger partial charge in [0.1, 0.15) is 11.2 Å². The van der Waals surface area contributed by atoms with Crippen LogP contribution in [0.15, 0.2) is 22.7 Å². The molecule has 1 saturated carbocycles. The van der Waals surface area contributed by atoms with Crippen molar-refractivity contribution in [3.8, 4) is 6.07 Å². The molecule has 5 heteroatoms. The highest BCUT2D eigenvalue weighted by atomic mass is 79.9. The minimum atomic E-state index is -0.925. The molecule has 0 aromatic heterocycles. The number of anilines is 1. The van der Waals surface area contributed by atoms with Crippen molar-refractivity contribution in [1.29, 1.82) is 5.26 Å². The standard InChI is InChI=1S/C12H10BrFN2O/c13-9-3-2-8(14)6-10(9)16-11(17)12(7-15)4-1-5-12/h2-3,6H,1,4-5H2,(H,16,17). The third kappa shape index (κ3) is 2.18. The molecule has 1 aromatic carbocycles. The lowest BCUT2D eigenvalue weighted by molar-refractivity contribution is -0.126. The molecule has 1 aromatic rings. The lowest BCUT2D eigenvalue weighted by Gasteiger charge is -2.33. The second-order valence-corrected chi connectivity index (χ2v) is 4.98. The van der Waals surface area contributed by atoms with Gasteiger partial charge < -0.3 is 5.32 Å². The zero-order valence-electron chi connectivity index (χ0n) is 8.96. The predicted molar refractivity (Wildman–Crippen MR) is 64.6 cm³/mol. The van der Waals surface area contributed by atoms with Crippen LogP contribution >= 0.6 is 15.9 Å². The Bertz CT molecular complexity index is 506. The monoisotopic (exact) mass is 296 g/mol. The van der Waals surface area contributed by atoms with Crippen LogP contribution in [0.3, 0.4) is 0 Å². The molecule has 0 radical (unpaired) electrons. The molecule has 17 heavy (non-hydrogen) atoms. The van der Waals surface area contributed by atoms with Gasteiger partial charge in [0.05, 0.1) is 11.8 Å². The Hall–Kier alpha value is -1.41. The molecular weight excluding hydrogens is 287 g/mol. The molecule has 0 spiro atoms. The minimum absolute atomic E-state index is 0.349. The average Bonchev–Trinajstić information content (AvgIpc) is 2.23. The van der Waals surface area contributed by atoms with Crippen molar-refractivity contribution in [3.63, 3.8) is 0 Å². The van der Waals surface area contributed by atoms with Gasteiger partial charge in [0.2, 0.25) is 5.91 Å². The van der Waals surface area contributed by atoms with E-state index in [-0.39, 0.29) is 5.91 Å². The summed E-state index contributed by atoms with van der Waals surface area (Å²) in [4.78, 5) is 11.9. The number of benzene rings is 1. The van der Waals surface area contributed by atoms with E-state index in [9.17, 15) is 9.18 Å². The number of halogens is 2. The molecule has 0 bridgehead atoms. The summed E-state index contributed by atoms with van der Waals surface area (Å²) in [6.45, 7) is 0. The molecule has 88 valence electrons. The van der Waals surface area contributed by atoms with E-state index in [0.717, 1.165) is 6.42 Å². The molecule has 0 aliphatic heterocycles. The summed E-state index contributed by atoms with van der Waals surface area (Å²) < 4.78 is 13.6. The molecule has 2 rings (SSSR count). The number of hydrogen-bond acceptors (Lipinski definition) is 2. The molecule has 1 fully saturated rings. The van der Waals surface area contributed by atoms with Crippen LogP contribution < -0.4 is 5.32 Å². The first kappa shape index (κ1) is 12.1. The molecule has 0 saturated heterocycles. The summed E-state index contributed by atoms with van der Waals surface area (Å²) in [6, 6.07) is 6.09. The van der Waals surface area contributed by atoms with Crippen LogP contribution in [0, 0.1) is 22.6 Å². The van der Waals surface area contributed by atoms with Gasteiger partial charge in [-0.05, 0) is 53.4 Å². The van der Waals surface area contributed by atoms with E-state index in [4.69, 9.17) is 5.26 Å². The first-order valence-corrected chi connectivity index (χ1v) is 6.04. The molecule has 1 aliphatic carbocycles. The van der Waals surface area contributed by atoms with Crippen molar-refractivity contribution in [2.45, 2.75) is 19.3 Å². The minimum Gasteiger partial charge on any atom is -0.324 e. The summed E-state index contributed by atoms with van der Waals surface area (Å²) in [5, 5.41) is 11.6. The van der Waals surface area contributed by atoms with Gasteiger partial charge in [-0.15, -0.1) is 0 Å². The van der Waals surface area contributed by atoms with Crippen molar-refractivity contribution in [1.82, 2.24) is 0 Å². The molecule has 3 nitrogen and oxygen atoms in total. The number of carbonyl (C=O) groups is 1. The van der Waals surface area contributed by atoms with Gasteiger partial charge >= 0.3 is 0 Å². The van der Waals surface area contributed by atoms with Crippen molar-refractivity contribution < 1.29 is 9.18 Å². The number of rotatable bonds is 2. The number of carbonyl (C=O) groups excluding carboxylic acids is 1. The van der Waals surface area contributed by atoms with Crippen molar-refractivity contribution in [3.05, 3.63) is 28.5 Å². The summed E-state index contributed by atoms with van der Waals surface area (Å²) in [7, 11) is 0. The van der Waals surface area contributed by atoms with Crippen LogP contribution in [-0.4, -0.2) is 5.91 Å². The van der Waals surface area contributed by atoms with E-state index in [1.54, 1.807) is 0 Å². The van der Waals surface area contributed by atoms with Crippen LogP contribution in [-0.2, 0) is 4.79 Å². The molecule has 1 N–H and O–H groups in total. The van der Waals surface area contributed by atoms with Crippen LogP contribution in [0.1, 0.15) is 19.3 Å². The summed E-state index contributed by atoms with van der Waals surface area (Å²) >= 11 is 3.22. The van der Waals surface area contributed by atoms with Gasteiger partial charge in [0.15, 0.2) is 0 Å². The molecule has 0 heterocycles. The summed E-state index contributed by atoms with van der Waals surface area (Å²) in [6.07, 6.45) is 2.02. The van der Waals surface area contributed by atoms with Crippen molar-refractivity contribution >= 4 is 27.5 Å². The smallest absolute Gasteiger partial charge is 0.244 e. The first-order valence-electron chi connectivity index (χ1n) is 5.25. The SMILES string of the molecule is N#CC1(C(=O)Nc2cc(F)ccc2Br)CCC1. The lowest BCUT2D eigenvalue weighted by atomic mass is 9.69. The van der Waals surface area contributed by atoms with Crippen molar-refractivity contribution in [2.75, 3.05) is 5.32 Å². The highest BCUT2D eigenvalue weighted by Crippen LogP contribution is 2.41. The second-order valence-electron chi connectivity index (χ2n) is 4.13. The predicted octanol–water partition coefficient (Wildman–Crippen LogP) is 3.22. The van der Waals surface area contributed by atoms with E-state index >= 15 is 0 Å². The Kier molecular flexibility index (Phi) is 3.16. The summed E-state index contributed by atoms with van der Waals surface area (Å²) in [5.41, 5.74) is -0.567. The fourth-order valence-corrected chi connectivity index (χ4v) is 2.10. The highest BCUT2D eigenvalue weighted by Gasteiger charge is 2.44. The topological polar surface area (TPSA) is 52.9 Å². The van der Waals surface area contributed by atoms with Crippen molar-refractivity contribution in [2.24, 2.45) is 5.41 Å². The normalized spacial score (nSPS) is 16.8. The molecule has 0 unspecified atom stereocenters. The van der Waals surface area contributed by atoms with E-state index in [1.165, 1.54) is 18.2 Å². The third-order valence-electron chi connectivity index (χ3n) is 3.03. The maximum atomic E-state index is 13.0. The number of nitrogens with one attached hydrogen (secondary N) is 1. The number of nitrogens with zero attached hydrogens (tertiary/aromatic N) is 1. The Morgan fingerprint density at radius 3 is 2.76 bits per heavy atom. The zero-order chi connectivity index (χ0) is 12.5. The quantitative estimate of drug-likeness (QED) is 0.911. The Morgan fingerprint density at radius 1 is 1.53 bits per heavy atom. The van der Waals surface area contributed by atoms with Gasteiger partial charge in [-0.25, -0.2) is 4.39 Å². The van der Waals surface area contributed by atoms with Crippen LogP contribution in [0.4, 0.5) is 10.1 Å². The second kappa shape index (κ2) is 4.46. The number of amides is 1. The zero-order valence-corrected chi connectivity index (χ0v) is 10.6. The summed E-state index contributed by atoms with van der Waals surface area (Å²) in [5.74, 6) is -0.777. The molecule has 1 aliphatic rings. The average molecular weight is 297 g/mol. The largest absolute Gasteiger partial charge is 0.324 e. The van der Waals surface area contributed by atoms with Crippen LogP contribution in [0.5, 0.6) is 0 Å². The van der Waals surface area contributed by atoms with E-state index in [2.05, 4.69) is 21.2 Å². The molecule has 0 atom stereocenters. The van der Waals surface area contributed by atoms with Gasteiger partial charge in [-0.2, -0.15) is 5.26 Å². The highest BCUT2D eigenvalue weighted by molar-refractivity contribution is 9.10. The lowest BCUT2D eigenvalue weighted by Crippen LogP contribution is -2.40. The fourth-order valence-electron chi connectivity index (χ4n) is 1.76. The van der Waals surface area contributed by atoms with E-state index in [1.807, 2.05) is 6.07 Å². The first-order chi connectivity index (χ1) is 8.07. The number of nitriles is 1. The fraction of sp³-hybridized carbons (Fsp3) is 0.333. The van der Waals surface area contributed by atoms with Crippen LogP contribution in [0.25, 0.3) is 0 Å². The third-order valence-corrected chi connectivity index (χ3v) is 3.72. The van der Waals surface area contributed by atoms with E-state index in [0.29, 0.717) is 23.0 Å².